The molecular formula is C13H14N4O2. The maximum absolute atomic E-state index is 11.9. The van der Waals surface area contributed by atoms with E-state index < -0.39 is 0 Å². The van der Waals surface area contributed by atoms with Gasteiger partial charge in [-0.3, -0.25) is 9.48 Å². The summed E-state index contributed by atoms with van der Waals surface area (Å²) in [6.45, 7) is 1.02. The van der Waals surface area contributed by atoms with E-state index in [4.69, 9.17) is 4.74 Å². The smallest absolute Gasteiger partial charge is 0.255 e. The number of ether oxygens (including phenoxy) is 1. The maximum Gasteiger partial charge on any atom is 0.255 e. The Bertz CT molecular complexity index is 621. The third-order valence-corrected chi connectivity index (χ3v) is 2.96. The largest absolute Gasteiger partial charge is 0.491 e. The molecule has 6 heteroatoms. The molecule has 2 heterocycles. The van der Waals surface area contributed by atoms with Crippen molar-refractivity contribution < 1.29 is 9.53 Å². The highest BCUT2D eigenvalue weighted by molar-refractivity contribution is 5.98. The summed E-state index contributed by atoms with van der Waals surface area (Å²) in [5.74, 6) is 1.36. The Labute approximate surface area is 110 Å². The number of aromatic nitrogens is 2. The van der Waals surface area contributed by atoms with Gasteiger partial charge in [-0.15, -0.1) is 0 Å². The van der Waals surface area contributed by atoms with E-state index in [2.05, 4.69) is 15.7 Å². The molecular weight excluding hydrogens is 244 g/mol. The fraction of sp³-hybridized carbons (Fsp3) is 0.231. The van der Waals surface area contributed by atoms with Crippen LogP contribution >= 0.6 is 0 Å². The molecule has 0 fully saturated rings. The minimum atomic E-state index is -0.110. The van der Waals surface area contributed by atoms with E-state index in [0.29, 0.717) is 24.5 Å². The number of fused-ring (bicyclic) bond motifs is 1. The maximum atomic E-state index is 11.9. The summed E-state index contributed by atoms with van der Waals surface area (Å²) < 4.78 is 7.23. The zero-order valence-electron chi connectivity index (χ0n) is 10.5. The van der Waals surface area contributed by atoms with E-state index in [1.807, 2.05) is 19.2 Å². The van der Waals surface area contributed by atoms with Gasteiger partial charge in [0.2, 0.25) is 0 Å². The lowest BCUT2D eigenvalue weighted by Crippen LogP contribution is -2.24. The van der Waals surface area contributed by atoms with Crippen molar-refractivity contribution >= 4 is 17.4 Å². The van der Waals surface area contributed by atoms with Crippen LogP contribution in [0, 0.1) is 0 Å². The van der Waals surface area contributed by atoms with Crippen molar-refractivity contribution in [2.24, 2.45) is 7.05 Å². The van der Waals surface area contributed by atoms with E-state index in [1.165, 1.54) is 0 Å². The van der Waals surface area contributed by atoms with Gasteiger partial charge in [-0.1, -0.05) is 0 Å². The minimum absolute atomic E-state index is 0.110. The molecule has 6 nitrogen and oxygen atoms in total. The first-order valence-corrected chi connectivity index (χ1v) is 6.04. The Morgan fingerprint density at radius 3 is 3.11 bits per heavy atom. The average Bonchev–Trinajstić information content (AvgIpc) is 2.71. The predicted octanol–water partition coefficient (Wildman–Crippen LogP) is 1.29. The van der Waals surface area contributed by atoms with E-state index in [9.17, 15) is 4.79 Å². The van der Waals surface area contributed by atoms with Crippen LogP contribution in [-0.4, -0.2) is 28.8 Å². The number of nitrogens with one attached hydrogen (secondary N) is 2. The number of benzene rings is 1. The van der Waals surface area contributed by atoms with Gasteiger partial charge in [0.15, 0.2) is 0 Å². The highest BCUT2D eigenvalue weighted by Crippen LogP contribution is 2.25. The SMILES string of the molecule is Cn1nccc1Nc1ccc2c(c1)C(=O)NCCO2. The highest BCUT2D eigenvalue weighted by Gasteiger charge is 2.16. The second-order valence-corrected chi connectivity index (χ2v) is 4.28. The van der Waals surface area contributed by atoms with Crippen molar-refractivity contribution in [2.75, 3.05) is 18.5 Å². The quantitative estimate of drug-likeness (QED) is 0.851. The molecule has 3 rings (SSSR count). The third-order valence-electron chi connectivity index (χ3n) is 2.96. The van der Waals surface area contributed by atoms with Gasteiger partial charge in [0.05, 0.1) is 18.3 Å². The summed E-state index contributed by atoms with van der Waals surface area (Å²) in [7, 11) is 1.85. The number of nitrogens with zero attached hydrogens (tertiary/aromatic N) is 2. The fourth-order valence-electron chi connectivity index (χ4n) is 1.98. The van der Waals surface area contributed by atoms with Crippen LogP contribution < -0.4 is 15.4 Å². The Morgan fingerprint density at radius 2 is 2.32 bits per heavy atom. The zero-order valence-corrected chi connectivity index (χ0v) is 10.5. The molecule has 2 aromatic rings. The highest BCUT2D eigenvalue weighted by atomic mass is 16.5. The summed E-state index contributed by atoms with van der Waals surface area (Å²) in [6.07, 6.45) is 1.71. The van der Waals surface area contributed by atoms with Gasteiger partial charge in [-0.2, -0.15) is 5.10 Å². The monoisotopic (exact) mass is 258 g/mol. The van der Waals surface area contributed by atoms with Gasteiger partial charge in [0, 0.05) is 18.8 Å². The van der Waals surface area contributed by atoms with Crippen LogP contribution in [0.15, 0.2) is 30.5 Å². The summed E-state index contributed by atoms with van der Waals surface area (Å²) in [4.78, 5) is 11.9. The molecule has 0 saturated carbocycles. The first-order chi connectivity index (χ1) is 9.24. The predicted molar refractivity (Wildman–Crippen MR) is 70.8 cm³/mol. The van der Waals surface area contributed by atoms with Crippen molar-refractivity contribution in [1.82, 2.24) is 15.1 Å². The Kier molecular flexibility index (Phi) is 2.83. The molecule has 0 aliphatic carbocycles. The number of rotatable bonds is 2. The molecule has 98 valence electrons. The molecule has 0 bridgehead atoms. The number of hydrogen-bond acceptors (Lipinski definition) is 4. The molecule has 1 amide bonds. The summed E-state index contributed by atoms with van der Waals surface area (Å²) in [5, 5.41) is 10.1. The molecule has 0 spiro atoms. The van der Waals surface area contributed by atoms with Crippen LogP contribution in [0.4, 0.5) is 11.5 Å². The van der Waals surface area contributed by atoms with Crippen LogP contribution in [0.5, 0.6) is 5.75 Å². The van der Waals surface area contributed by atoms with Crippen molar-refractivity contribution in [3.8, 4) is 5.75 Å². The number of aryl methyl sites for hydroxylation is 1. The molecule has 19 heavy (non-hydrogen) atoms. The Hall–Kier alpha value is -2.50. The first kappa shape index (κ1) is 11.6. The fourth-order valence-corrected chi connectivity index (χ4v) is 1.98. The second-order valence-electron chi connectivity index (χ2n) is 4.28. The number of carbonyl (C=O) groups excluding carboxylic acids is 1. The Morgan fingerprint density at radius 1 is 1.42 bits per heavy atom. The summed E-state index contributed by atoms with van der Waals surface area (Å²) in [5.41, 5.74) is 1.37. The van der Waals surface area contributed by atoms with Gasteiger partial charge in [0.1, 0.15) is 18.2 Å². The molecule has 0 saturated heterocycles. The number of hydrogen-bond donors (Lipinski definition) is 2. The molecule has 1 aliphatic rings. The first-order valence-electron chi connectivity index (χ1n) is 6.04. The molecule has 1 aromatic carbocycles. The number of amides is 1. The number of carbonyl (C=O) groups is 1. The van der Waals surface area contributed by atoms with E-state index in [1.54, 1.807) is 23.0 Å². The lowest BCUT2D eigenvalue weighted by molar-refractivity contribution is 0.0957. The number of anilines is 2. The second kappa shape index (κ2) is 4.64. The van der Waals surface area contributed by atoms with Gasteiger partial charge >= 0.3 is 0 Å². The third kappa shape index (κ3) is 2.24. The van der Waals surface area contributed by atoms with Crippen molar-refractivity contribution in [2.45, 2.75) is 0 Å². The Balaban J connectivity index is 1.92. The lowest BCUT2D eigenvalue weighted by atomic mass is 10.1. The van der Waals surface area contributed by atoms with Gasteiger partial charge in [-0.05, 0) is 18.2 Å². The van der Waals surface area contributed by atoms with Crippen molar-refractivity contribution in [3.05, 3.63) is 36.0 Å². The zero-order chi connectivity index (χ0) is 13.2. The molecule has 1 aromatic heterocycles. The van der Waals surface area contributed by atoms with E-state index in [-0.39, 0.29) is 5.91 Å². The van der Waals surface area contributed by atoms with Crippen LogP contribution in [-0.2, 0) is 7.05 Å². The summed E-state index contributed by atoms with van der Waals surface area (Å²) >= 11 is 0. The normalized spacial score (nSPS) is 14.1. The molecule has 0 unspecified atom stereocenters. The van der Waals surface area contributed by atoms with Crippen molar-refractivity contribution in [1.29, 1.82) is 0 Å². The van der Waals surface area contributed by atoms with E-state index in [0.717, 1.165) is 11.5 Å². The molecule has 1 aliphatic heterocycles. The van der Waals surface area contributed by atoms with Crippen molar-refractivity contribution in [3.63, 3.8) is 0 Å². The molecule has 0 radical (unpaired) electrons. The molecule has 0 atom stereocenters. The average molecular weight is 258 g/mol. The molecule has 2 N–H and O–H groups in total. The van der Waals surface area contributed by atoms with Crippen LogP contribution in [0.2, 0.25) is 0 Å². The lowest BCUT2D eigenvalue weighted by Gasteiger charge is -2.10. The standard InChI is InChI=1S/C13H14N4O2/c1-17-12(4-5-15-17)16-9-2-3-11-10(8-9)13(18)14-6-7-19-11/h2-5,8,16H,6-7H2,1H3,(H,14,18). The van der Waals surface area contributed by atoms with Gasteiger partial charge in [0.25, 0.3) is 5.91 Å². The van der Waals surface area contributed by atoms with Gasteiger partial charge < -0.3 is 15.4 Å². The van der Waals surface area contributed by atoms with Crippen LogP contribution in [0.1, 0.15) is 10.4 Å². The van der Waals surface area contributed by atoms with E-state index >= 15 is 0 Å². The van der Waals surface area contributed by atoms with Gasteiger partial charge in [-0.25, -0.2) is 0 Å². The van der Waals surface area contributed by atoms with Crippen LogP contribution in [0.3, 0.4) is 0 Å². The minimum Gasteiger partial charge on any atom is -0.491 e. The topological polar surface area (TPSA) is 68.2 Å². The summed E-state index contributed by atoms with van der Waals surface area (Å²) in [6, 6.07) is 7.33. The van der Waals surface area contributed by atoms with Crippen LogP contribution in [0.25, 0.3) is 0 Å².